The number of carbonyl (C=O) groups is 3. The lowest BCUT2D eigenvalue weighted by molar-refractivity contribution is -0.135. The summed E-state index contributed by atoms with van der Waals surface area (Å²) < 4.78 is 4.33. The number of para-hydroxylation sites is 1. The molecule has 0 aliphatic carbocycles. The molecule has 3 aromatic heterocycles. The van der Waals surface area contributed by atoms with Crippen LogP contribution < -0.4 is 26.5 Å². The van der Waals surface area contributed by atoms with Crippen molar-refractivity contribution in [3.8, 4) is 11.3 Å². The molecule has 3 amide bonds. The summed E-state index contributed by atoms with van der Waals surface area (Å²) in [6, 6.07) is 22.7. The molecule has 4 aliphatic rings. The topological polar surface area (TPSA) is 134 Å². The van der Waals surface area contributed by atoms with E-state index >= 15 is 0 Å². The van der Waals surface area contributed by atoms with E-state index in [9.17, 15) is 19.2 Å². The standard InChI is InChI=1S/C47H52N8O4S/c1-29-26-48-41-40-33-15-16-34(50-35(33)17-19-38(40)60-43(41)45(58)49-29)30-11-13-32(14-12-30)54-24-21-47(22-25-54)27-53(28-47)23-6-4-3-5-8-31-9-7-10-36-42(31)52(2)46(59)55(36)37-18-20-39(56)51-44(37)57/h7,9-17,19,29,37,48H,3-6,8,18,20-28H2,1-2H3,(H,49,58)(H,51,56,57)/t29-,37?/m1/s1. The maximum Gasteiger partial charge on any atom is 0.329 e. The van der Waals surface area contributed by atoms with Gasteiger partial charge in [-0.2, -0.15) is 0 Å². The maximum atomic E-state index is 13.3. The zero-order valence-corrected chi connectivity index (χ0v) is 35.2. The molecule has 0 bridgehead atoms. The summed E-state index contributed by atoms with van der Waals surface area (Å²) in [5.74, 6) is -0.690. The van der Waals surface area contributed by atoms with E-state index in [1.165, 1.54) is 55.8 Å². The van der Waals surface area contributed by atoms with E-state index in [4.69, 9.17) is 4.98 Å². The van der Waals surface area contributed by atoms with Crippen LogP contribution in [-0.2, 0) is 23.1 Å². The Bertz CT molecular complexity index is 2720. The number of anilines is 2. The molecule has 1 spiro atoms. The van der Waals surface area contributed by atoms with Crippen LogP contribution in [-0.4, -0.2) is 82.1 Å². The number of piperidine rings is 2. The lowest BCUT2D eigenvalue weighted by Gasteiger charge is -2.54. The summed E-state index contributed by atoms with van der Waals surface area (Å²) in [4.78, 5) is 61.5. The van der Waals surface area contributed by atoms with Gasteiger partial charge in [-0.05, 0) is 105 Å². The first-order valence-corrected chi connectivity index (χ1v) is 22.5. The second kappa shape index (κ2) is 15.5. The zero-order valence-electron chi connectivity index (χ0n) is 34.4. The summed E-state index contributed by atoms with van der Waals surface area (Å²) in [7, 11) is 1.78. The third kappa shape index (κ3) is 6.95. The van der Waals surface area contributed by atoms with Crippen molar-refractivity contribution in [1.82, 2.24) is 29.7 Å². The number of nitrogens with zero attached hydrogens (tertiary/aromatic N) is 5. The number of hydrogen-bond acceptors (Lipinski definition) is 9. The van der Waals surface area contributed by atoms with Crippen LogP contribution in [0, 0.1) is 5.41 Å². The number of imidazole rings is 1. The highest BCUT2D eigenvalue weighted by molar-refractivity contribution is 7.21. The Morgan fingerprint density at radius 2 is 1.70 bits per heavy atom. The normalized spacial score (nSPS) is 20.6. The average molecular weight is 825 g/mol. The van der Waals surface area contributed by atoms with Crippen molar-refractivity contribution in [1.29, 1.82) is 0 Å². The first-order valence-electron chi connectivity index (χ1n) is 21.7. The molecule has 4 aliphatic heterocycles. The summed E-state index contributed by atoms with van der Waals surface area (Å²) in [5, 5.41) is 11.1. The average Bonchev–Trinajstić information content (AvgIpc) is 3.70. The van der Waals surface area contributed by atoms with E-state index in [0.717, 1.165) is 98.3 Å². The predicted octanol–water partition coefficient (Wildman–Crippen LogP) is 7.00. The number of aryl methyl sites for hydroxylation is 2. The van der Waals surface area contributed by atoms with E-state index in [0.29, 0.717) is 18.4 Å². The molecule has 3 aromatic carbocycles. The second-order valence-corrected chi connectivity index (χ2v) is 18.7. The van der Waals surface area contributed by atoms with Crippen molar-refractivity contribution in [3.05, 3.63) is 87.7 Å². The minimum absolute atomic E-state index is 0.0114. The number of hydrogen-bond donors (Lipinski definition) is 3. The Hall–Kier alpha value is -5.53. The highest BCUT2D eigenvalue weighted by Gasteiger charge is 2.44. The fourth-order valence-electron chi connectivity index (χ4n) is 10.3. The van der Waals surface area contributed by atoms with Gasteiger partial charge < -0.3 is 20.4 Å². The molecule has 13 heteroatoms. The van der Waals surface area contributed by atoms with Gasteiger partial charge in [-0.25, -0.2) is 9.78 Å². The van der Waals surface area contributed by atoms with E-state index in [1.807, 2.05) is 19.1 Å². The van der Waals surface area contributed by atoms with Gasteiger partial charge in [0.2, 0.25) is 11.8 Å². The Morgan fingerprint density at radius 3 is 2.50 bits per heavy atom. The summed E-state index contributed by atoms with van der Waals surface area (Å²) in [5.41, 5.74) is 8.21. The quantitative estimate of drug-likeness (QED) is 0.0995. The molecule has 2 atom stereocenters. The van der Waals surface area contributed by atoms with Gasteiger partial charge in [-0.3, -0.25) is 28.8 Å². The third-order valence-electron chi connectivity index (χ3n) is 13.5. The molecule has 3 saturated heterocycles. The van der Waals surface area contributed by atoms with Crippen LogP contribution in [0.4, 0.5) is 11.4 Å². The molecule has 7 heterocycles. The minimum Gasteiger partial charge on any atom is -0.381 e. The molecule has 1 unspecified atom stereocenters. The van der Waals surface area contributed by atoms with Crippen molar-refractivity contribution >= 4 is 72.5 Å². The summed E-state index contributed by atoms with van der Waals surface area (Å²) >= 11 is 1.54. The van der Waals surface area contributed by atoms with Crippen LogP contribution in [0.15, 0.2) is 71.5 Å². The number of nitrogens with one attached hydrogen (secondary N) is 3. The molecule has 3 fully saturated rings. The number of rotatable bonds is 10. The second-order valence-electron chi connectivity index (χ2n) is 17.6. The van der Waals surface area contributed by atoms with Gasteiger partial charge in [0.1, 0.15) is 10.9 Å². The summed E-state index contributed by atoms with van der Waals surface area (Å²) in [6.07, 6.45) is 8.50. The number of pyridine rings is 1. The Labute approximate surface area is 352 Å². The fourth-order valence-corrected chi connectivity index (χ4v) is 11.4. The highest BCUT2D eigenvalue weighted by atomic mass is 32.1. The Balaban J connectivity index is 0.685. The molecule has 60 heavy (non-hydrogen) atoms. The highest BCUT2D eigenvalue weighted by Crippen LogP contribution is 2.43. The smallest absolute Gasteiger partial charge is 0.329 e. The number of thiophene rings is 1. The predicted molar refractivity (Wildman–Crippen MR) is 239 cm³/mol. The van der Waals surface area contributed by atoms with Crippen molar-refractivity contribution < 1.29 is 14.4 Å². The largest absolute Gasteiger partial charge is 0.381 e. The number of likely N-dealkylation sites (tertiary alicyclic amines) is 1. The van der Waals surface area contributed by atoms with Crippen LogP contribution in [0.2, 0.25) is 0 Å². The number of benzene rings is 3. The molecular formula is C47H52N8O4S. The number of fused-ring (bicyclic) bond motifs is 6. The van der Waals surface area contributed by atoms with E-state index in [2.05, 4.69) is 80.3 Å². The van der Waals surface area contributed by atoms with Gasteiger partial charge in [0.15, 0.2) is 0 Å². The number of carbonyl (C=O) groups excluding carboxylic acids is 3. The number of imide groups is 1. The fraction of sp³-hybridized carbons (Fsp3) is 0.426. The minimum atomic E-state index is -0.659. The van der Waals surface area contributed by atoms with Crippen molar-refractivity contribution in [2.24, 2.45) is 12.5 Å². The van der Waals surface area contributed by atoms with Crippen LogP contribution in [0.1, 0.15) is 79.6 Å². The van der Waals surface area contributed by atoms with E-state index in [-0.39, 0.29) is 30.0 Å². The van der Waals surface area contributed by atoms with E-state index in [1.54, 1.807) is 16.2 Å². The first kappa shape index (κ1) is 38.7. The molecule has 0 saturated carbocycles. The molecular weight excluding hydrogens is 773 g/mol. The lowest BCUT2D eigenvalue weighted by Crippen LogP contribution is -2.60. The number of amides is 3. The molecule has 10 rings (SSSR count). The summed E-state index contributed by atoms with van der Waals surface area (Å²) in [6.45, 7) is 8.45. The third-order valence-corrected chi connectivity index (χ3v) is 14.7. The molecule has 0 radical (unpaired) electrons. The van der Waals surface area contributed by atoms with Crippen molar-refractivity contribution in [3.63, 3.8) is 0 Å². The first-order chi connectivity index (χ1) is 29.1. The Morgan fingerprint density at radius 1 is 0.900 bits per heavy atom. The molecule has 6 aromatic rings. The molecule has 12 nitrogen and oxygen atoms in total. The SMILES string of the molecule is C[C@@H]1CNc2c(sc3ccc4nc(-c5ccc(N6CCC7(CC6)CN(CCCCCCc6cccc8c6n(C)c(=O)n8C6CCC(=O)NC6=O)C7)cc5)ccc4c23)C(=O)N1. The van der Waals surface area contributed by atoms with Gasteiger partial charge in [0.25, 0.3) is 5.91 Å². The van der Waals surface area contributed by atoms with Gasteiger partial charge in [0.05, 0.1) is 27.9 Å². The van der Waals surface area contributed by atoms with Crippen LogP contribution >= 0.6 is 11.3 Å². The Kier molecular flexibility index (Phi) is 9.98. The number of unbranched alkanes of at least 4 members (excludes halogenated alkanes) is 3. The zero-order chi connectivity index (χ0) is 41.1. The lowest BCUT2D eigenvalue weighted by atomic mass is 9.72. The van der Waals surface area contributed by atoms with Crippen LogP contribution in [0.3, 0.4) is 0 Å². The molecule has 310 valence electrons. The van der Waals surface area contributed by atoms with Gasteiger partial charge >= 0.3 is 5.69 Å². The van der Waals surface area contributed by atoms with E-state index < -0.39 is 11.9 Å². The van der Waals surface area contributed by atoms with Gasteiger partial charge in [-0.1, -0.05) is 37.1 Å². The van der Waals surface area contributed by atoms with Gasteiger partial charge in [0, 0.05) is 79.0 Å². The number of aromatic nitrogens is 3. The van der Waals surface area contributed by atoms with Crippen LogP contribution in [0.5, 0.6) is 0 Å². The van der Waals surface area contributed by atoms with Crippen molar-refractivity contribution in [2.45, 2.75) is 76.8 Å². The van der Waals surface area contributed by atoms with Gasteiger partial charge in [-0.15, -0.1) is 11.3 Å². The monoisotopic (exact) mass is 824 g/mol. The maximum absolute atomic E-state index is 13.3. The van der Waals surface area contributed by atoms with Crippen LogP contribution in [0.25, 0.3) is 43.3 Å². The van der Waals surface area contributed by atoms with Crippen molar-refractivity contribution in [2.75, 3.05) is 49.5 Å². The molecule has 3 N–H and O–H groups in total.